The number of amides is 2. The highest BCUT2D eigenvalue weighted by molar-refractivity contribution is 5.87. The summed E-state index contributed by atoms with van der Waals surface area (Å²) in [6.45, 7) is 1.92. The zero-order valence-corrected chi connectivity index (χ0v) is 7.50. The van der Waals surface area contributed by atoms with Crippen molar-refractivity contribution in [1.29, 1.82) is 0 Å². The maximum absolute atomic E-state index is 10.9. The number of aromatic nitrogens is 1. The van der Waals surface area contributed by atoms with Gasteiger partial charge >= 0.3 is 6.03 Å². The van der Waals surface area contributed by atoms with Crippen molar-refractivity contribution >= 4 is 11.8 Å². The summed E-state index contributed by atoms with van der Waals surface area (Å²) in [6.07, 6.45) is 1.62. The van der Waals surface area contributed by atoms with Crippen LogP contribution in [-0.2, 0) is 4.84 Å². The predicted molar refractivity (Wildman–Crippen MR) is 48.1 cm³/mol. The second kappa shape index (κ2) is 4.42. The van der Waals surface area contributed by atoms with Gasteiger partial charge in [-0.05, 0) is 24.6 Å². The van der Waals surface area contributed by atoms with Gasteiger partial charge in [0.15, 0.2) is 0 Å². The highest BCUT2D eigenvalue weighted by Gasteiger charge is 2.00. The lowest BCUT2D eigenvalue weighted by atomic mass is 10.3. The Morgan fingerprint density at radius 1 is 1.62 bits per heavy atom. The van der Waals surface area contributed by atoms with Crippen molar-refractivity contribution in [2.24, 2.45) is 0 Å². The lowest BCUT2D eigenvalue weighted by molar-refractivity contribution is 0.114. The third kappa shape index (κ3) is 3.08. The van der Waals surface area contributed by atoms with Crippen molar-refractivity contribution in [3.63, 3.8) is 0 Å². The van der Waals surface area contributed by atoms with Crippen molar-refractivity contribution in [1.82, 2.24) is 10.5 Å². The van der Waals surface area contributed by atoms with Crippen LogP contribution in [0.2, 0.25) is 0 Å². The molecule has 70 valence electrons. The fraction of sp³-hybridized carbons (Fsp3) is 0.250. The molecular weight excluding hydrogens is 170 g/mol. The number of pyridine rings is 1. The van der Waals surface area contributed by atoms with E-state index >= 15 is 0 Å². The van der Waals surface area contributed by atoms with Gasteiger partial charge < -0.3 is 0 Å². The molecule has 0 spiro atoms. The summed E-state index contributed by atoms with van der Waals surface area (Å²) in [7, 11) is 1.36. The van der Waals surface area contributed by atoms with E-state index in [-0.39, 0.29) is 0 Å². The second-order valence-corrected chi connectivity index (χ2v) is 2.48. The predicted octanol–water partition coefficient (Wildman–Crippen LogP) is 1.07. The first-order valence-electron chi connectivity index (χ1n) is 3.75. The zero-order valence-electron chi connectivity index (χ0n) is 7.50. The monoisotopic (exact) mass is 181 g/mol. The Morgan fingerprint density at radius 2 is 2.38 bits per heavy atom. The third-order valence-electron chi connectivity index (χ3n) is 1.35. The molecule has 5 nitrogen and oxygen atoms in total. The van der Waals surface area contributed by atoms with E-state index in [0.717, 1.165) is 5.56 Å². The first-order chi connectivity index (χ1) is 6.22. The fourth-order valence-corrected chi connectivity index (χ4v) is 0.839. The van der Waals surface area contributed by atoms with Gasteiger partial charge in [-0.15, -0.1) is 0 Å². The van der Waals surface area contributed by atoms with E-state index in [0.29, 0.717) is 5.82 Å². The molecule has 1 aromatic heterocycles. The third-order valence-corrected chi connectivity index (χ3v) is 1.35. The maximum atomic E-state index is 10.9. The van der Waals surface area contributed by atoms with Gasteiger partial charge in [0.2, 0.25) is 0 Å². The van der Waals surface area contributed by atoms with Crippen molar-refractivity contribution in [2.45, 2.75) is 6.92 Å². The first-order valence-corrected chi connectivity index (χ1v) is 3.75. The van der Waals surface area contributed by atoms with E-state index < -0.39 is 6.03 Å². The Balaban J connectivity index is 2.58. The number of aryl methyl sites for hydroxylation is 1. The summed E-state index contributed by atoms with van der Waals surface area (Å²) >= 11 is 0. The fourth-order valence-electron chi connectivity index (χ4n) is 0.839. The lowest BCUT2D eigenvalue weighted by Crippen LogP contribution is -2.27. The molecule has 0 unspecified atom stereocenters. The number of hydroxylamine groups is 1. The molecule has 0 aliphatic carbocycles. The van der Waals surface area contributed by atoms with E-state index in [1.807, 2.05) is 13.0 Å². The summed E-state index contributed by atoms with van der Waals surface area (Å²) < 4.78 is 0. The van der Waals surface area contributed by atoms with Crippen LogP contribution in [0.3, 0.4) is 0 Å². The highest BCUT2D eigenvalue weighted by Crippen LogP contribution is 2.04. The van der Waals surface area contributed by atoms with Crippen LogP contribution < -0.4 is 10.8 Å². The second-order valence-electron chi connectivity index (χ2n) is 2.48. The summed E-state index contributed by atoms with van der Waals surface area (Å²) in [5, 5.41) is 2.50. The Kier molecular flexibility index (Phi) is 3.22. The molecule has 2 N–H and O–H groups in total. The lowest BCUT2D eigenvalue weighted by Gasteiger charge is -2.04. The van der Waals surface area contributed by atoms with Crippen LogP contribution in [0.25, 0.3) is 0 Å². The van der Waals surface area contributed by atoms with Crippen LogP contribution in [0.5, 0.6) is 0 Å². The van der Waals surface area contributed by atoms with Crippen LogP contribution >= 0.6 is 0 Å². The SMILES string of the molecule is CONC(=O)Nc1cc(C)ccn1. The van der Waals surface area contributed by atoms with E-state index in [4.69, 9.17) is 0 Å². The summed E-state index contributed by atoms with van der Waals surface area (Å²) in [4.78, 5) is 19.3. The Hall–Kier alpha value is -1.62. The highest BCUT2D eigenvalue weighted by atomic mass is 16.6. The van der Waals surface area contributed by atoms with Gasteiger partial charge in [0.25, 0.3) is 0 Å². The molecule has 1 rings (SSSR count). The number of carbonyl (C=O) groups excluding carboxylic acids is 1. The van der Waals surface area contributed by atoms with Gasteiger partial charge in [0, 0.05) is 6.20 Å². The number of anilines is 1. The maximum Gasteiger partial charge on any atom is 0.344 e. The van der Waals surface area contributed by atoms with Gasteiger partial charge in [0.05, 0.1) is 7.11 Å². The van der Waals surface area contributed by atoms with Crippen LogP contribution in [-0.4, -0.2) is 18.1 Å². The molecule has 0 aliphatic rings. The molecule has 5 heteroatoms. The average Bonchev–Trinajstić information content (AvgIpc) is 2.04. The van der Waals surface area contributed by atoms with Crippen LogP contribution in [0.1, 0.15) is 5.56 Å². The Labute approximate surface area is 76.1 Å². The summed E-state index contributed by atoms with van der Waals surface area (Å²) in [6, 6.07) is 3.16. The number of carbonyl (C=O) groups is 1. The molecule has 2 amide bonds. The van der Waals surface area contributed by atoms with Crippen LogP contribution in [0, 0.1) is 6.92 Å². The molecule has 0 fully saturated rings. The molecule has 0 radical (unpaired) electrons. The van der Waals surface area contributed by atoms with Gasteiger partial charge in [-0.1, -0.05) is 0 Å². The smallest absolute Gasteiger partial charge is 0.291 e. The van der Waals surface area contributed by atoms with E-state index in [1.54, 1.807) is 12.3 Å². The number of nitrogens with zero attached hydrogens (tertiary/aromatic N) is 1. The molecule has 0 saturated heterocycles. The summed E-state index contributed by atoms with van der Waals surface area (Å²) in [5.41, 5.74) is 3.15. The number of nitrogens with one attached hydrogen (secondary N) is 2. The number of hydrogen-bond donors (Lipinski definition) is 2. The molecule has 0 bridgehead atoms. The molecule has 0 aromatic carbocycles. The van der Waals surface area contributed by atoms with Crippen molar-refractivity contribution in [3.05, 3.63) is 23.9 Å². The molecular formula is C8H11N3O2. The van der Waals surface area contributed by atoms with Crippen LogP contribution in [0.4, 0.5) is 10.6 Å². The van der Waals surface area contributed by atoms with Gasteiger partial charge in [-0.3, -0.25) is 10.2 Å². The molecule has 0 aliphatic heterocycles. The van der Waals surface area contributed by atoms with Crippen molar-refractivity contribution in [3.8, 4) is 0 Å². The number of rotatable bonds is 2. The first kappa shape index (κ1) is 9.47. The molecule has 13 heavy (non-hydrogen) atoms. The quantitative estimate of drug-likeness (QED) is 0.671. The van der Waals surface area contributed by atoms with Crippen molar-refractivity contribution < 1.29 is 9.63 Å². The minimum atomic E-state index is -0.444. The standard InChI is InChI=1S/C8H11N3O2/c1-6-3-4-9-7(5-6)10-8(12)11-13-2/h3-5H,1-2H3,(H2,9,10,11,12). The van der Waals surface area contributed by atoms with E-state index in [2.05, 4.69) is 20.6 Å². The van der Waals surface area contributed by atoms with Crippen molar-refractivity contribution in [2.75, 3.05) is 12.4 Å². The largest absolute Gasteiger partial charge is 0.344 e. The Morgan fingerprint density at radius 3 is 3.00 bits per heavy atom. The van der Waals surface area contributed by atoms with Gasteiger partial charge in [-0.2, -0.15) is 0 Å². The minimum Gasteiger partial charge on any atom is -0.291 e. The molecule has 1 heterocycles. The number of hydrogen-bond acceptors (Lipinski definition) is 3. The zero-order chi connectivity index (χ0) is 9.68. The van der Waals surface area contributed by atoms with Gasteiger partial charge in [0.1, 0.15) is 5.82 Å². The molecule has 1 aromatic rings. The van der Waals surface area contributed by atoms with E-state index in [1.165, 1.54) is 7.11 Å². The molecule has 0 saturated carbocycles. The normalized spacial score (nSPS) is 9.38. The topological polar surface area (TPSA) is 63.2 Å². The molecule has 0 atom stereocenters. The summed E-state index contributed by atoms with van der Waals surface area (Å²) in [5.74, 6) is 0.495. The van der Waals surface area contributed by atoms with Gasteiger partial charge in [-0.25, -0.2) is 15.3 Å². The van der Waals surface area contributed by atoms with E-state index in [9.17, 15) is 4.79 Å². The number of urea groups is 1. The average molecular weight is 181 g/mol. The minimum absolute atomic E-state index is 0.444. The van der Waals surface area contributed by atoms with Crippen LogP contribution in [0.15, 0.2) is 18.3 Å². The Bertz CT molecular complexity index is 301.